The lowest BCUT2D eigenvalue weighted by atomic mass is 10.3. The summed E-state index contributed by atoms with van der Waals surface area (Å²) in [7, 11) is 0. The van der Waals surface area contributed by atoms with Crippen LogP contribution in [0.15, 0.2) is 29.6 Å². The quantitative estimate of drug-likeness (QED) is 0.764. The van der Waals surface area contributed by atoms with Crippen LogP contribution in [0, 0.1) is 6.92 Å². The molecule has 2 aromatic heterocycles. The Balaban J connectivity index is 1.81. The van der Waals surface area contributed by atoms with Gasteiger partial charge in [0.15, 0.2) is 0 Å². The van der Waals surface area contributed by atoms with Gasteiger partial charge in [-0.15, -0.1) is 11.3 Å². The molecule has 1 atom stereocenters. The predicted molar refractivity (Wildman–Crippen MR) is 86.0 cm³/mol. The number of thiophene rings is 1. The van der Waals surface area contributed by atoms with Crippen LogP contribution in [0.25, 0.3) is 11.0 Å². The van der Waals surface area contributed by atoms with Gasteiger partial charge >= 0.3 is 0 Å². The van der Waals surface area contributed by atoms with E-state index in [1.165, 1.54) is 11.3 Å². The van der Waals surface area contributed by atoms with Crippen molar-refractivity contribution in [3.63, 3.8) is 0 Å². The van der Waals surface area contributed by atoms with Crippen LogP contribution in [-0.2, 0) is 0 Å². The van der Waals surface area contributed by atoms with Crippen molar-refractivity contribution in [2.45, 2.75) is 19.9 Å². The summed E-state index contributed by atoms with van der Waals surface area (Å²) in [4.78, 5) is 20.5. The molecule has 2 N–H and O–H groups in total. The standard InChI is InChI=1S/C15H14ClN3OS/c1-8-7-21-13(12(8)16)15(20)17-9(2)14-18-10-5-3-4-6-11(10)19-14/h3-7,9H,1-2H3,(H,17,20)(H,18,19). The molecule has 0 aliphatic heterocycles. The fraction of sp³-hybridized carbons (Fsp3) is 0.200. The number of aromatic nitrogens is 2. The van der Waals surface area contributed by atoms with Gasteiger partial charge in [-0.05, 0) is 36.9 Å². The summed E-state index contributed by atoms with van der Waals surface area (Å²) in [5, 5.41) is 5.32. The predicted octanol–water partition coefficient (Wildman–Crippen LogP) is 4.08. The van der Waals surface area contributed by atoms with Gasteiger partial charge in [-0.3, -0.25) is 4.79 Å². The van der Waals surface area contributed by atoms with E-state index in [2.05, 4.69) is 15.3 Å². The van der Waals surface area contributed by atoms with E-state index in [4.69, 9.17) is 11.6 Å². The highest BCUT2D eigenvalue weighted by Gasteiger charge is 2.18. The van der Waals surface area contributed by atoms with Gasteiger partial charge in [-0.1, -0.05) is 23.7 Å². The number of hydrogen-bond donors (Lipinski definition) is 2. The van der Waals surface area contributed by atoms with Crippen LogP contribution in [0.2, 0.25) is 5.02 Å². The Kier molecular flexibility index (Phi) is 3.69. The van der Waals surface area contributed by atoms with Gasteiger partial charge in [0.2, 0.25) is 0 Å². The van der Waals surface area contributed by atoms with Crippen molar-refractivity contribution >= 4 is 39.9 Å². The van der Waals surface area contributed by atoms with Gasteiger partial charge in [-0.2, -0.15) is 0 Å². The second kappa shape index (κ2) is 5.50. The average molecular weight is 320 g/mol. The van der Waals surface area contributed by atoms with E-state index >= 15 is 0 Å². The van der Waals surface area contributed by atoms with Crippen LogP contribution < -0.4 is 5.32 Å². The Morgan fingerprint density at radius 3 is 2.86 bits per heavy atom. The Bertz CT molecular complexity index is 775. The highest BCUT2D eigenvalue weighted by Crippen LogP contribution is 2.27. The van der Waals surface area contributed by atoms with E-state index in [0.29, 0.717) is 9.90 Å². The number of nitrogens with one attached hydrogen (secondary N) is 2. The summed E-state index contributed by atoms with van der Waals surface area (Å²) in [6, 6.07) is 7.55. The molecule has 0 saturated carbocycles. The smallest absolute Gasteiger partial charge is 0.263 e. The summed E-state index contributed by atoms with van der Waals surface area (Å²) in [6.45, 7) is 3.78. The molecule has 4 nitrogen and oxygen atoms in total. The van der Waals surface area contributed by atoms with Gasteiger partial charge in [-0.25, -0.2) is 4.98 Å². The number of carbonyl (C=O) groups is 1. The van der Waals surface area contributed by atoms with Crippen molar-refractivity contribution in [2.24, 2.45) is 0 Å². The molecule has 6 heteroatoms. The Hall–Kier alpha value is -1.85. The number of fused-ring (bicyclic) bond motifs is 1. The first-order valence-corrected chi connectivity index (χ1v) is 7.81. The maximum atomic E-state index is 12.3. The number of benzene rings is 1. The molecule has 21 heavy (non-hydrogen) atoms. The zero-order valence-electron chi connectivity index (χ0n) is 11.6. The molecule has 0 aliphatic rings. The van der Waals surface area contributed by atoms with E-state index in [1.54, 1.807) is 0 Å². The molecule has 0 aliphatic carbocycles. The van der Waals surface area contributed by atoms with E-state index in [-0.39, 0.29) is 11.9 Å². The number of halogens is 1. The van der Waals surface area contributed by atoms with Crippen molar-refractivity contribution in [1.82, 2.24) is 15.3 Å². The fourth-order valence-electron chi connectivity index (χ4n) is 2.09. The fourth-order valence-corrected chi connectivity index (χ4v) is 3.27. The zero-order valence-corrected chi connectivity index (χ0v) is 13.2. The topological polar surface area (TPSA) is 57.8 Å². The molecular weight excluding hydrogens is 306 g/mol. The second-order valence-electron chi connectivity index (χ2n) is 4.90. The number of nitrogens with zero attached hydrogens (tertiary/aromatic N) is 1. The number of aromatic amines is 1. The molecule has 0 bridgehead atoms. The Morgan fingerprint density at radius 1 is 1.43 bits per heavy atom. The summed E-state index contributed by atoms with van der Waals surface area (Å²) in [5.74, 6) is 0.556. The van der Waals surface area contributed by atoms with Crippen LogP contribution >= 0.6 is 22.9 Å². The third kappa shape index (κ3) is 2.66. The Labute approximate surface area is 131 Å². The number of amides is 1. The van der Waals surface area contributed by atoms with Gasteiger partial charge in [0.1, 0.15) is 10.7 Å². The van der Waals surface area contributed by atoms with E-state index in [9.17, 15) is 4.79 Å². The first kappa shape index (κ1) is 14.1. The van der Waals surface area contributed by atoms with Gasteiger partial charge < -0.3 is 10.3 Å². The van der Waals surface area contributed by atoms with Gasteiger partial charge in [0, 0.05) is 0 Å². The first-order chi connectivity index (χ1) is 10.1. The maximum Gasteiger partial charge on any atom is 0.263 e. The van der Waals surface area contributed by atoms with Crippen LogP contribution in [0.5, 0.6) is 0 Å². The zero-order chi connectivity index (χ0) is 15.0. The maximum absolute atomic E-state index is 12.3. The molecule has 2 heterocycles. The monoisotopic (exact) mass is 319 g/mol. The minimum Gasteiger partial charge on any atom is -0.342 e. The lowest BCUT2D eigenvalue weighted by Gasteiger charge is -2.10. The summed E-state index contributed by atoms with van der Waals surface area (Å²) in [6.07, 6.45) is 0. The lowest BCUT2D eigenvalue weighted by Crippen LogP contribution is -2.26. The number of imidazole rings is 1. The van der Waals surface area contributed by atoms with Crippen LogP contribution in [0.3, 0.4) is 0 Å². The third-order valence-electron chi connectivity index (χ3n) is 3.27. The minimum atomic E-state index is -0.219. The number of rotatable bonds is 3. The molecule has 0 spiro atoms. The number of H-pyrrole nitrogens is 1. The first-order valence-electron chi connectivity index (χ1n) is 6.55. The van der Waals surface area contributed by atoms with E-state index in [1.807, 2.05) is 43.5 Å². The SMILES string of the molecule is Cc1csc(C(=O)NC(C)c2nc3ccccc3[nH]2)c1Cl. The second-order valence-corrected chi connectivity index (χ2v) is 6.15. The van der Waals surface area contributed by atoms with Crippen molar-refractivity contribution in [2.75, 3.05) is 0 Å². The van der Waals surface area contributed by atoms with Gasteiger partial charge in [0.25, 0.3) is 5.91 Å². The average Bonchev–Trinajstić information content (AvgIpc) is 3.03. The molecule has 1 unspecified atom stereocenters. The molecule has 3 rings (SSSR count). The molecule has 3 aromatic rings. The van der Waals surface area contributed by atoms with E-state index < -0.39 is 0 Å². The Morgan fingerprint density at radius 2 is 2.19 bits per heavy atom. The molecule has 0 saturated heterocycles. The van der Waals surface area contributed by atoms with Crippen molar-refractivity contribution in [3.05, 3.63) is 50.9 Å². The molecule has 1 aromatic carbocycles. The number of para-hydroxylation sites is 2. The third-order valence-corrected chi connectivity index (χ3v) is 4.97. The summed E-state index contributed by atoms with van der Waals surface area (Å²) < 4.78 is 0. The number of carbonyl (C=O) groups excluding carboxylic acids is 1. The summed E-state index contributed by atoms with van der Waals surface area (Å²) in [5.41, 5.74) is 2.76. The van der Waals surface area contributed by atoms with Crippen LogP contribution in [0.1, 0.15) is 34.0 Å². The normalized spacial score (nSPS) is 12.5. The molecule has 0 radical (unpaired) electrons. The minimum absolute atomic E-state index is 0.175. The highest BCUT2D eigenvalue weighted by molar-refractivity contribution is 7.13. The van der Waals surface area contributed by atoms with Crippen molar-refractivity contribution in [1.29, 1.82) is 0 Å². The van der Waals surface area contributed by atoms with Gasteiger partial charge in [0.05, 0.1) is 22.1 Å². The van der Waals surface area contributed by atoms with Crippen molar-refractivity contribution < 1.29 is 4.79 Å². The highest BCUT2D eigenvalue weighted by atomic mass is 35.5. The largest absolute Gasteiger partial charge is 0.342 e. The number of aryl methyl sites for hydroxylation is 1. The molecule has 108 valence electrons. The summed E-state index contributed by atoms with van der Waals surface area (Å²) >= 11 is 7.48. The van der Waals surface area contributed by atoms with E-state index in [0.717, 1.165) is 22.4 Å². The molecule has 1 amide bonds. The lowest BCUT2D eigenvalue weighted by molar-refractivity contribution is 0.0942. The van der Waals surface area contributed by atoms with Crippen molar-refractivity contribution in [3.8, 4) is 0 Å². The van der Waals surface area contributed by atoms with Crippen LogP contribution in [0.4, 0.5) is 0 Å². The van der Waals surface area contributed by atoms with Crippen LogP contribution in [-0.4, -0.2) is 15.9 Å². The number of hydrogen-bond acceptors (Lipinski definition) is 3. The molecule has 0 fully saturated rings. The molecular formula is C15H14ClN3OS.